The molecule has 0 spiro atoms. The van der Waals surface area contributed by atoms with Crippen LogP contribution in [0.2, 0.25) is 0 Å². The number of halogens is 1. The minimum atomic E-state index is 0.419. The van der Waals surface area contributed by atoms with E-state index in [1.807, 2.05) is 36.7 Å². The third-order valence-electron chi connectivity index (χ3n) is 2.64. The molecule has 1 aromatic heterocycles. The van der Waals surface area contributed by atoms with Gasteiger partial charge < -0.3 is 4.74 Å². The van der Waals surface area contributed by atoms with Crippen molar-refractivity contribution in [3.05, 3.63) is 41.2 Å². The normalized spacial score (nSPS) is 10.6. The van der Waals surface area contributed by atoms with Crippen LogP contribution in [-0.4, -0.2) is 16.9 Å². The van der Waals surface area contributed by atoms with Gasteiger partial charge in [0.1, 0.15) is 11.4 Å². The van der Waals surface area contributed by atoms with Crippen LogP contribution in [0.1, 0.15) is 17.0 Å². The monoisotopic (exact) mass is 250 g/mol. The standard InChI is InChI=1S/C13H15ClN2O/c1-9-4-5-13(17-3)12(6-9)16-10(2)7-11(8-14)15-16/h4-7H,8H2,1-3H3. The van der Waals surface area contributed by atoms with Crippen molar-refractivity contribution in [2.45, 2.75) is 19.7 Å². The number of nitrogens with zero attached hydrogens (tertiary/aromatic N) is 2. The summed E-state index contributed by atoms with van der Waals surface area (Å²) in [5.41, 5.74) is 4.03. The molecule has 4 heteroatoms. The van der Waals surface area contributed by atoms with E-state index in [-0.39, 0.29) is 0 Å². The second kappa shape index (κ2) is 4.80. The van der Waals surface area contributed by atoms with Crippen LogP contribution in [0.15, 0.2) is 24.3 Å². The lowest BCUT2D eigenvalue weighted by molar-refractivity contribution is 0.411. The number of rotatable bonds is 3. The van der Waals surface area contributed by atoms with Crippen LogP contribution in [-0.2, 0) is 5.88 Å². The van der Waals surface area contributed by atoms with Gasteiger partial charge in [-0.25, -0.2) is 4.68 Å². The van der Waals surface area contributed by atoms with Crippen LogP contribution < -0.4 is 4.74 Å². The Morgan fingerprint density at radius 1 is 1.29 bits per heavy atom. The van der Waals surface area contributed by atoms with Gasteiger partial charge in [0, 0.05) is 5.69 Å². The van der Waals surface area contributed by atoms with E-state index in [4.69, 9.17) is 16.3 Å². The molecule has 0 aliphatic rings. The number of aryl methyl sites for hydroxylation is 2. The summed E-state index contributed by atoms with van der Waals surface area (Å²) in [7, 11) is 1.66. The average Bonchev–Trinajstić information content (AvgIpc) is 2.70. The Balaban J connectivity index is 2.58. The van der Waals surface area contributed by atoms with E-state index < -0.39 is 0 Å². The van der Waals surface area contributed by atoms with Gasteiger partial charge in [-0.1, -0.05) is 6.07 Å². The van der Waals surface area contributed by atoms with Gasteiger partial charge >= 0.3 is 0 Å². The number of benzene rings is 1. The summed E-state index contributed by atoms with van der Waals surface area (Å²) in [6.07, 6.45) is 0. The van der Waals surface area contributed by atoms with Gasteiger partial charge in [0.15, 0.2) is 0 Å². The lowest BCUT2D eigenvalue weighted by Gasteiger charge is -2.10. The molecule has 0 bridgehead atoms. The van der Waals surface area contributed by atoms with Gasteiger partial charge in [-0.15, -0.1) is 11.6 Å². The molecule has 0 N–H and O–H groups in total. The van der Waals surface area contributed by atoms with Crippen LogP contribution in [0.25, 0.3) is 5.69 Å². The van der Waals surface area contributed by atoms with Crippen LogP contribution in [0.3, 0.4) is 0 Å². The summed E-state index contributed by atoms with van der Waals surface area (Å²) >= 11 is 5.80. The molecule has 0 aliphatic heterocycles. The molecule has 3 nitrogen and oxygen atoms in total. The minimum absolute atomic E-state index is 0.419. The fourth-order valence-electron chi connectivity index (χ4n) is 1.81. The Kier molecular flexibility index (Phi) is 3.38. The fourth-order valence-corrected chi connectivity index (χ4v) is 1.94. The Labute approximate surface area is 106 Å². The molecule has 0 radical (unpaired) electrons. The summed E-state index contributed by atoms with van der Waals surface area (Å²) in [6.45, 7) is 4.05. The van der Waals surface area contributed by atoms with Gasteiger partial charge in [-0.05, 0) is 37.6 Å². The van der Waals surface area contributed by atoms with Crippen molar-refractivity contribution in [3.8, 4) is 11.4 Å². The number of hydrogen-bond acceptors (Lipinski definition) is 2. The highest BCUT2D eigenvalue weighted by Crippen LogP contribution is 2.25. The van der Waals surface area contributed by atoms with Gasteiger partial charge in [0.05, 0.1) is 18.7 Å². The molecule has 0 unspecified atom stereocenters. The summed E-state index contributed by atoms with van der Waals surface area (Å²) in [5.74, 6) is 1.23. The summed E-state index contributed by atoms with van der Waals surface area (Å²) in [5, 5.41) is 4.45. The van der Waals surface area contributed by atoms with E-state index in [9.17, 15) is 0 Å². The zero-order valence-corrected chi connectivity index (χ0v) is 11.0. The topological polar surface area (TPSA) is 27.1 Å². The molecule has 0 fully saturated rings. The SMILES string of the molecule is COc1ccc(C)cc1-n1nc(CCl)cc1C. The van der Waals surface area contributed by atoms with Crippen molar-refractivity contribution in [1.82, 2.24) is 9.78 Å². The average molecular weight is 251 g/mol. The first-order valence-electron chi connectivity index (χ1n) is 5.42. The van der Waals surface area contributed by atoms with Crippen LogP contribution in [0, 0.1) is 13.8 Å². The Morgan fingerprint density at radius 3 is 2.65 bits per heavy atom. The highest BCUT2D eigenvalue weighted by Gasteiger charge is 2.10. The molecule has 0 atom stereocenters. The van der Waals surface area contributed by atoms with E-state index >= 15 is 0 Å². The molecule has 0 aliphatic carbocycles. The van der Waals surface area contributed by atoms with Crippen molar-refractivity contribution in [2.24, 2.45) is 0 Å². The third-order valence-corrected chi connectivity index (χ3v) is 2.91. The van der Waals surface area contributed by atoms with E-state index in [2.05, 4.69) is 11.2 Å². The van der Waals surface area contributed by atoms with Crippen molar-refractivity contribution >= 4 is 11.6 Å². The maximum Gasteiger partial charge on any atom is 0.144 e. The molecule has 0 saturated heterocycles. The smallest absolute Gasteiger partial charge is 0.144 e. The molecule has 0 amide bonds. The molecule has 1 aromatic carbocycles. The maximum atomic E-state index is 5.80. The van der Waals surface area contributed by atoms with Crippen molar-refractivity contribution in [3.63, 3.8) is 0 Å². The molecular weight excluding hydrogens is 236 g/mol. The van der Waals surface area contributed by atoms with Gasteiger partial charge in [0.25, 0.3) is 0 Å². The van der Waals surface area contributed by atoms with Crippen LogP contribution in [0.5, 0.6) is 5.75 Å². The summed E-state index contributed by atoms with van der Waals surface area (Å²) in [4.78, 5) is 0. The predicted molar refractivity (Wildman–Crippen MR) is 69.1 cm³/mol. The Morgan fingerprint density at radius 2 is 2.06 bits per heavy atom. The highest BCUT2D eigenvalue weighted by molar-refractivity contribution is 6.16. The maximum absolute atomic E-state index is 5.80. The Bertz CT molecular complexity index is 534. The van der Waals surface area contributed by atoms with Crippen molar-refractivity contribution < 1.29 is 4.74 Å². The molecule has 0 saturated carbocycles. The molecule has 2 rings (SSSR count). The number of alkyl halides is 1. The first-order valence-corrected chi connectivity index (χ1v) is 5.95. The second-order valence-corrected chi connectivity index (χ2v) is 4.27. The number of aromatic nitrogens is 2. The zero-order chi connectivity index (χ0) is 12.4. The van der Waals surface area contributed by atoms with Gasteiger partial charge in [-0.3, -0.25) is 0 Å². The molecular formula is C13H15ClN2O. The van der Waals surface area contributed by atoms with E-state index in [0.29, 0.717) is 5.88 Å². The molecule has 2 aromatic rings. The van der Waals surface area contributed by atoms with Crippen molar-refractivity contribution in [2.75, 3.05) is 7.11 Å². The van der Waals surface area contributed by atoms with E-state index in [0.717, 1.165) is 22.8 Å². The largest absolute Gasteiger partial charge is 0.494 e. The summed E-state index contributed by atoms with van der Waals surface area (Å²) in [6, 6.07) is 8.00. The number of ether oxygens (including phenoxy) is 1. The number of methoxy groups -OCH3 is 1. The number of hydrogen-bond donors (Lipinski definition) is 0. The van der Waals surface area contributed by atoms with Gasteiger partial charge in [0.2, 0.25) is 0 Å². The van der Waals surface area contributed by atoms with E-state index in [1.165, 1.54) is 5.56 Å². The third kappa shape index (κ3) is 2.29. The van der Waals surface area contributed by atoms with Gasteiger partial charge in [-0.2, -0.15) is 5.10 Å². The van der Waals surface area contributed by atoms with Crippen LogP contribution in [0.4, 0.5) is 0 Å². The van der Waals surface area contributed by atoms with Crippen LogP contribution >= 0.6 is 11.6 Å². The predicted octanol–water partition coefficient (Wildman–Crippen LogP) is 3.24. The minimum Gasteiger partial charge on any atom is -0.494 e. The summed E-state index contributed by atoms with van der Waals surface area (Å²) < 4.78 is 7.22. The lowest BCUT2D eigenvalue weighted by atomic mass is 10.2. The quantitative estimate of drug-likeness (QED) is 0.782. The fraction of sp³-hybridized carbons (Fsp3) is 0.308. The molecule has 90 valence electrons. The molecule has 1 heterocycles. The second-order valence-electron chi connectivity index (χ2n) is 4.00. The first kappa shape index (κ1) is 12.0. The van der Waals surface area contributed by atoms with E-state index in [1.54, 1.807) is 7.11 Å². The lowest BCUT2D eigenvalue weighted by Crippen LogP contribution is -2.02. The molecule has 17 heavy (non-hydrogen) atoms. The zero-order valence-electron chi connectivity index (χ0n) is 10.2. The van der Waals surface area contributed by atoms with Crippen molar-refractivity contribution in [1.29, 1.82) is 0 Å². The Hall–Kier alpha value is -1.48. The highest BCUT2D eigenvalue weighted by atomic mass is 35.5. The first-order chi connectivity index (χ1) is 8.15.